The fraction of sp³-hybridized carbons (Fsp3) is 0.364. The summed E-state index contributed by atoms with van der Waals surface area (Å²) in [6.07, 6.45) is 0.976. The third kappa shape index (κ3) is 4.01. The van der Waals surface area contributed by atoms with Gasteiger partial charge in [-0.3, -0.25) is 4.79 Å². The van der Waals surface area contributed by atoms with Crippen molar-refractivity contribution in [2.75, 3.05) is 6.61 Å². The Morgan fingerprint density at radius 3 is 2.93 bits per heavy atom. The van der Waals surface area contributed by atoms with Gasteiger partial charge in [0, 0.05) is 16.5 Å². The van der Waals surface area contributed by atoms with Gasteiger partial charge in [-0.25, -0.2) is 0 Å². The van der Waals surface area contributed by atoms with Gasteiger partial charge in [0.15, 0.2) is 6.29 Å². The lowest BCUT2D eigenvalue weighted by Gasteiger charge is -2.08. The van der Waals surface area contributed by atoms with Crippen LogP contribution in [0.25, 0.3) is 0 Å². The van der Waals surface area contributed by atoms with Crippen molar-refractivity contribution in [1.82, 2.24) is 0 Å². The standard InChI is InChI=1S/C11H13BrO3/c1-8(14)4-5-15-10-2-3-11(12)9(6-10)7-13/h2-3,6-8,14H,4-5H2,1H3. The molecule has 0 spiro atoms. The largest absolute Gasteiger partial charge is 0.493 e. The van der Waals surface area contributed by atoms with E-state index in [0.29, 0.717) is 24.3 Å². The number of aliphatic hydroxyl groups excluding tert-OH is 1. The van der Waals surface area contributed by atoms with Gasteiger partial charge in [0.05, 0.1) is 12.7 Å². The molecule has 0 aliphatic rings. The average Bonchev–Trinajstić information content (AvgIpc) is 2.20. The first-order chi connectivity index (χ1) is 7.13. The van der Waals surface area contributed by atoms with E-state index in [2.05, 4.69) is 15.9 Å². The fourth-order valence-electron chi connectivity index (χ4n) is 1.05. The van der Waals surface area contributed by atoms with E-state index in [0.717, 1.165) is 10.8 Å². The number of hydrogen-bond acceptors (Lipinski definition) is 3. The van der Waals surface area contributed by atoms with Crippen molar-refractivity contribution in [1.29, 1.82) is 0 Å². The second-order valence-corrected chi connectivity index (χ2v) is 4.14. The van der Waals surface area contributed by atoms with Gasteiger partial charge < -0.3 is 9.84 Å². The topological polar surface area (TPSA) is 46.5 Å². The van der Waals surface area contributed by atoms with Crippen molar-refractivity contribution in [3.63, 3.8) is 0 Å². The lowest BCUT2D eigenvalue weighted by molar-refractivity contribution is 0.112. The molecule has 0 saturated heterocycles. The van der Waals surface area contributed by atoms with E-state index >= 15 is 0 Å². The second kappa shape index (κ2) is 5.88. The maximum atomic E-state index is 10.6. The van der Waals surface area contributed by atoms with E-state index in [1.807, 2.05) is 0 Å². The number of ether oxygens (including phenoxy) is 1. The van der Waals surface area contributed by atoms with Crippen molar-refractivity contribution in [2.24, 2.45) is 0 Å². The van der Waals surface area contributed by atoms with Crippen LogP contribution >= 0.6 is 15.9 Å². The lowest BCUT2D eigenvalue weighted by Crippen LogP contribution is -2.07. The summed E-state index contributed by atoms with van der Waals surface area (Å²) in [5, 5.41) is 9.03. The molecule has 0 aromatic heterocycles. The van der Waals surface area contributed by atoms with Crippen molar-refractivity contribution in [2.45, 2.75) is 19.4 Å². The monoisotopic (exact) mass is 272 g/mol. The van der Waals surface area contributed by atoms with E-state index in [4.69, 9.17) is 9.84 Å². The van der Waals surface area contributed by atoms with Gasteiger partial charge in [0.25, 0.3) is 0 Å². The summed E-state index contributed by atoms with van der Waals surface area (Å²) in [6.45, 7) is 2.15. The Morgan fingerprint density at radius 2 is 2.33 bits per heavy atom. The summed E-state index contributed by atoms with van der Waals surface area (Å²) in [6, 6.07) is 5.21. The molecule has 1 atom stereocenters. The zero-order valence-corrected chi connectivity index (χ0v) is 10.0. The van der Waals surface area contributed by atoms with Crippen LogP contribution in [0.5, 0.6) is 5.75 Å². The molecule has 0 saturated carbocycles. The second-order valence-electron chi connectivity index (χ2n) is 3.29. The number of carbonyl (C=O) groups is 1. The van der Waals surface area contributed by atoms with E-state index in [1.54, 1.807) is 25.1 Å². The highest BCUT2D eigenvalue weighted by atomic mass is 79.9. The van der Waals surface area contributed by atoms with Crippen molar-refractivity contribution < 1.29 is 14.6 Å². The van der Waals surface area contributed by atoms with Gasteiger partial charge >= 0.3 is 0 Å². The minimum absolute atomic E-state index is 0.369. The fourth-order valence-corrected chi connectivity index (χ4v) is 1.39. The molecule has 3 nitrogen and oxygen atoms in total. The van der Waals surface area contributed by atoms with Gasteiger partial charge in [0.1, 0.15) is 5.75 Å². The molecule has 82 valence electrons. The normalized spacial score (nSPS) is 12.2. The third-order valence-corrected chi connectivity index (χ3v) is 2.62. The molecule has 0 amide bonds. The first kappa shape index (κ1) is 12.2. The highest BCUT2D eigenvalue weighted by Gasteiger charge is 2.02. The third-order valence-electron chi connectivity index (χ3n) is 1.90. The van der Waals surface area contributed by atoms with Crippen LogP contribution in [0.4, 0.5) is 0 Å². The summed E-state index contributed by atoms with van der Waals surface area (Å²) >= 11 is 3.26. The van der Waals surface area contributed by atoms with Crippen molar-refractivity contribution in [3.8, 4) is 5.75 Å². The first-order valence-corrected chi connectivity index (χ1v) is 5.48. The number of halogens is 1. The number of aliphatic hydroxyl groups is 1. The molecule has 0 aliphatic heterocycles. The Hall–Kier alpha value is -0.870. The summed E-state index contributed by atoms with van der Waals surface area (Å²) in [5.74, 6) is 0.640. The summed E-state index contributed by atoms with van der Waals surface area (Å²) < 4.78 is 6.12. The van der Waals surface area contributed by atoms with Crippen LogP contribution < -0.4 is 4.74 Å². The predicted molar refractivity (Wildman–Crippen MR) is 61.3 cm³/mol. The Bertz CT molecular complexity index is 337. The molecule has 1 aromatic rings. The summed E-state index contributed by atoms with van der Waals surface area (Å²) in [5.41, 5.74) is 0.560. The minimum Gasteiger partial charge on any atom is -0.493 e. The average molecular weight is 273 g/mol. The van der Waals surface area contributed by atoms with Gasteiger partial charge in [-0.2, -0.15) is 0 Å². The number of hydrogen-bond donors (Lipinski definition) is 1. The van der Waals surface area contributed by atoms with Crippen LogP contribution in [0.1, 0.15) is 23.7 Å². The predicted octanol–water partition coefficient (Wildman–Crippen LogP) is 2.41. The molecule has 0 radical (unpaired) electrons. The molecule has 0 bridgehead atoms. The SMILES string of the molecule is CC(O)CCOc1ccc(Br)c(C=O)c1. The molecule has 1 rings (SSSR count). The highest BCUT2D eigenvalue weighted by molar-refractivity contribution is 9.10. The molecule has 15 heavy (non-hydrogen) atoms. The minimum atomic E-state index is -0.369. The molecule has 0 heterocycles. The van der Waals surface area contributed by atoms with Gasteiger partial charge in [-0.1, -0.05) is 15.9 Å². The number of carbonyl (C=O) groups excluding carboxylic acids is 1. The van der Waals surface area contributed by atoms with Crippen LogP contribution in [0.2, 0.25) is 0 Å². The van der Waals surface area contributed by atoms with Gasteiger partial charge in [-0.15, -0.1) is 0 Å². The van der Waals surface area contributed by atoms with E-state index in [9.17, 15) is 4.79 Å². The van der Waals surface area contributed by atoms with Crippen LogP contribution in [0.3, 0.4) is 0 Å². The number of benzene rings is 1. The first-order valence-electron chi connectivity index (χ1n) is 4.69. The summed E-state index contributed by atoms with van der Waals surface area (Å²) in [7, 11) is 0. The van der Waals surface area contributed by atoms with Gasteiger partial charge in [0.2, 0.25) is 0 Å². The molecule has 0 fully saturated rings. The number of aldehydes is 1. The molecular formula is C11H13BrO3. The zero-order chi connectivity index (χ0) is 11.3. The van der Waals surface area contributed by atoms with Crippen LogP contribution in [-0.2, 0) is 0 Å². The molecule has 4 heteroatoms. The van der Waals surface area contributed by atoms with E-state index in [-0.39, 0.29) is 6.10 Å². The molecular weight excluding hydrogens is 260 g/mol. The Morgan fingerprint density at radius 1 is 1.60 bits per heavy atom. The summed E-state index contributed by atoms with van der Waals surface area (Å²) in [4.78, 5) is 10.6. The highest BCUT2D eigenvalue weighted by Crippen LogP contribution is 2.21. The molecule has 1 aromatic carbocycles. The smallest absolute Gasteiger partial charge is 0.151 e. The van der Waals surface area contributed by atoms with E-state index < -0.39 is 0 Å². The Labute approximate surface area is 97.2 Å². The maximum Gasteiger partial charge on any atom is 0.151 e. The maximum absolute atomic E-state index is 10.6. The molecule has 1 unspecified atom stereocenters. The molecule has 0 aliphatic carbocycles. The zero-order valence-electron chi connectivity index (χ0n) is 8.44. The van der Waals surface area contributed by atoms with E-state index in [1.165, 1.54) is 0 Å². The molecule has 1 N–H and O–H groups in total. The Kier molecular flexibility index (Phi) is 4.78. The van der Waals surface area contributed by atoms with Gasteiger partial charge in [-0.05, 0) is 25.1 Å². The lowest BCUT2D eigenvalue weighted by atomic mass is 10.2. The quantitative estimate of drug-likeness (QED) is 0.838. The van der Waals surface area contributed by atoms with Crippen LogP contribution in [0, 0.1) is 0 Å². The van der Waals surface area contributed by atoms with Crippen molar-refractivity contribution in [3.05, 3.63) is 28.2 Å². The van der Waals surface area contributed by atoms with Crippen LogP contribution in [-0.4, -0.2) is 24.1 Å². The Balaban J connectivity index is 2.58. The van der Waals surface area contributed by atoms with Crippen LogP contribution in [0.15, 0.2) is 22.7 Å². The number of rotatable bonds is 5. The van der Waals surface area contributed by atoms with Crippen molar-refractivity contribution >= 4 is 22.2 Å².